The largest absolute Gasteiger partial charge is 0.453 e. The predicted molar refractivity (Wildman–Crippen MR) is 56.6 cm³/mol. The van der Waals surface area contributed by atoms with E-state index in [9.17, 15) is 9.59 Å². The normalized spacial score (nSPS) is 19.3. The summed E-state index contributed by atoms with van der Waals surface area (Å²) in [7, 11) is 1.36. The molecule has 0 heterocycles. The average molecular weight is 213 g/mol. The topological polar surface area (TPSA) is 46.6 Å². The van der Waals surface area contributed by atoms with Crippen molar-refractivity contribution in [2.24, 2.45) is 0 Å². The Morgan fingerprint density at radius 1 is 1.40 bits per heavy atom. The van der Waals surface area contributed by atoms with Crippen molar-refractivity contribution in [1.82, 2.24) is 4.90 Å². The molecule has 0 N–H and O–H groups in total. The van der Waals surface area contributed by atoms with Gasteiger partial charge in [0, 0.05) is 6.04 Å². The SMILES string of the molecule is COC(=O)N(C(C)C=O)C1CCCCC1. The number of ether oxygens (including phenoxy) is 1. The van der Waals surface area contributed by atoms with Crippen LogP contribution >= 0.6 is 0 Å². The van der Waals surface area contributed by atoms with E-state index >= 15 is 0 Å². The Kier molecular flexibility index (Phi) is 4.59. The number of rotatable bonds is 3. The first-order chi connectivity index (χ1) is 7.20. The van der Waals surface area contributed by atoms with Crippen molar-refractivity contribution in [2.45, 2.75) is 51.1 Å². The van der Waals surface area contributed by atoms with Crippen LogP contribution in [-0.4, -0.2) is 36.5 Å². The lowest BCUT2D eigenvalue weighted by molar-refractivity contribution is -0.112. The van der Waals surface area contributed by atoms with Crippen LogP contribution in [0.3, 0.4) is 0 Å². The van der Waals surface area contributed by atoms with E-state index < -0.39 is 0 Å². The van der Waals surface area contributed by atoms with E-state index in [-0.39, 0.29) is 18.2 Å². The summed E-state index contributed by atoms with van der Waals surface area (Å²) in [6, 6.07) is -0.216. The molecule has 0 radical (unpaired) electrons. The number of carbonyl (C=O) groups is 2. The maximum absolute atomic E-state index is 11.6. The second-order valence-corrected chi connectivity index (χ2v) is 4.05. The van der Waals surface area contributed by atoms with Gasteiger partial charge < -0.3 is 9.53 Å². The van der Waals surface area contributed by atoms with Gasteiger partial charge in [-0.2, -0.15) is 0 Å². The Morgan fingerprint density at radius 2 is 2.00 bits per heavy atom. The molecule has 1 aliphatic carbocycles. The van der Waals surface area contributed by atoms with Crippen LogP contribution in [0.15, 0.2) is 0 Å². The number of hydrogen-bond donors (Lipinski definition) is 0. The second-order valence-electron chi connectivity index (χ2n) is 4.05. The lowest BCUT2D eigenvalue weighted by Crippen LogP contribution is -2.47. The summed E-state index contributed by atoms with van der Waals surface area (Å²) in [5.74, 6) is 0. The van der Waals surface area contributed by atoms with Crippen molar-refractivity contribution < 1.29 is 14.3 Å². The first-order valence-electron chi connectivity index (χ1n) is 5.52. The summed E-state index contributed by atoms with van der Waals surface area (Å²) in [5, 5.41) is 0. The molecular formula is C11H19NO3. The summed E-state index contributed by atoms with van der Waals surface area (Å²) in [6.45, 7) is 1.73. The van der Waals surface area contributed by atoms with Crippen LogP contribution in [-0.2, 0) is 9.53 Å². The number of amides is 1. The van der Waals surface area contributed by atoms with Gasteiger partial charge in [-0.25, -0.2) is 4.79 Å². The molecule has 86 valence electrons. The molecule has 15 heavy (non-hydrogen) atoms. The predicted octanol–water partition coefficient (Wildman–Crippen LogP) is 1.97. The summed E-state index contributed by atoms with van der Waals surface area (Å²) < 4.78 is 4.72. The maximum atomic E-state index is 11.6. The lowest BCUT2D eigenvalue weighted by atomic mass is 9.93. The molecule has 0 aliphatic heterocycles. The number of carbonyl (C=O) groups excluding carboxylic acids is 2. The van der Waals surface area contributed by atoms with Crippen molar-refractivity contribution in [3.8, 4) is 0 Å². The molecule has 1 unspecified atom stereocenters. The molecule has 0 bridgehead atoms. The number of nitrogens with zero attached hydrogens (tertiary/aromatic N) is 1. The van der Waals surface area contributed by atoms with Gasteiger partial charge in [-0.3, -0.25) is 4.90 Å². The highest BCUT2D eigenvalue weighted by Gasteiger charge is 2.29. The van der Waals surface area contributed by atoms with Crippen LogP contribution in [0.25, 0.3) is 0 Å². The quantitative estimate of drug-likeness (QED) is 0.673. The molecule has 1 saturated carbocycles. The maximum Gasteiger partial charge on any atom is 0.410 e. The number of aldehydes is 1. The minimum absolute atomic E-state index is 0.173. The van der Waals surface area contributed by atoms with Crippen LogP contribution in [0.2, 0.25) is 0 Å². The van der Waals surface area contributed by atoms with Gasteiger partial charge in [-0.15, -0.1) is 0 Å². The summed E-state index contributed by atoms with van der Waals surface area (Å²) >= 11 is 0. The van der Waals surface area contributed by atoms with Crippen LogP contribution in [0.5, 0.6) is 0 Å². The molecule has 0 aromatic heterocycles. The van der Waals surface area contributed by atoms with Gasteiger partial charge in [0.15, 0.2) is 0 Å². The zero-order valence-electron chi connectivity index (χ0n) is 9.44. The molecule has 1 aliphatic rings. The van der Waals surface area contributed by atoms with Crippen molar-refractivity contribution in [3.05, 3.63) is 0 Å². The minimum Gasteiger partial charge on any atom is -0.453 e. The molecule has 1 rings (SSSR count). The molecular weight excluding hydrogens is 194 g/mol. The highest BCUT2D eigenvalue weighted by molar-refractivity contribution is 5.73. The van der Waals surface area contributed by atoms with E-state index in [2.05, 4.69) is 0 Å². The monoisotopic (exact) mass is 213 g/mol. The fourth-order valence-corrected chi connectivity index (χ4v) is 2.18. The summed E-state index contributed by atoms with van der Waals surface area (Å²) in [4.78, 5) is 23.9. The molecule has 0 aromatic rings. The van der Waals surface area contributed by atoms with Gasteiger partial charge in [-0.1, -0.05) is 19.3 Å². The van der Waals surface area contributed by atoms with Crippen molar-refractivity contribution in [3.63, 3.8) is 0 Å². The molecule has 1 fully saturated rings. The van der Waals surface area contributed by atoms with E-state index in [0.29, 0.717) is 0 Å². The second kappa shape index (κ2) is 5.73. The minimum atomic E-state index is -0.388. The highest BCUT2D eigenvalue weighted by Crippen LogP contribution is 2.24. The van der Waals surface area contributed by atoms with E-state index in [0.717, 1.165) is 32.0 Å². The first kappa shape index (κ1) is 12.0. The highest BCUT2D eigenvalue weighted by atomic mass is 16.5. The lowest BCUT2D eigenvalue weighted by Gasteiger charge is -2.35. The third kappa shape index (κ3) is 2.94. The van der Waals surface area contributed by atoms with Gasteiger partial charge in [0.2, 0.25) is 0 Å². The Bertz CT molecular complexity index is 224. The van der Waals surface area contributed by atoms with Gasteiger partial charge in [0.05, 0.1) is 13.2 Å². The summed E-state index contributed by atoms with van der Waals surface area (Å²) in [5.41, 5.74) is 0. The van der Waals surface area contributed by atoms with E-state index in [1.54, 1.807) is 11.8 Å². The van der Waals surface area contributed by atoms with Crippen molar-refractivity contribution in [1.29, 1.82) is 0 Å². The smallest absolute Gasteiger partial charge is 0.410 e. The molecule has 4 nitrogen and oxygen atoms in total. The van der Waals surface area contributed by atoms with Gasteiger partial charge in [0.1, 0.15) is 6.29 Å². The third-order valence-corrected chi connectivity index (χ3v) is 2.99. The fourth-order valence-electron chi connectivity index (χ4n) is 2.18. The Hall–Kier alpha value is -1.06. The summed E-state index contributed by atoms with van der Waals surface area (Å²) in [6.07, 6.45) is 5.85. The Balaban J connectivity index is 2.69. The van der Waals surface area contributed by atoms with E-state index in [1.165, 1.54) is 13.5 Å². The number of hydrogen-bond acceptors (Lipinski definition) is 3. The average Bonchev–Trinajstić information content (AvgIpc) is 2.30. The Labute approximate surface area is 90.6 Å². The molecule has 1 atom stereocenters. The molecule has 0 saturated heterocycles. The molecule has 4 heteroatoms. The third-order valence-electron chi connectivity index (χ3n) is 2.99. The van der Waals surface area contributed by atoms with Gasteiger partial charge in [0.25, 0.3) is 0 Å². The zero-order chi connectivity index (χ0) is 11.3. The van der Waals surface area contributed by atoms with Crippen molar-refractivity contribution >= 4 is 12.4 Å². The van der Waals surface area contributed by atoms with Crippen LogP contribution in [0, 0.1) is 0 Å². The number of methoxy groups -OCH3 is 1. The standard InChI is InChI=1S/C11H19NO3/c1-9(8-13)12(11(14)15-2)10-6-4-3-5-7-10/h8-10H,3-7H2,1-2H3. The first-order valence-corrected chi connectivity index (χ1v) is 5.52. The van der Waals surface area contributed by atoms with E-state index in [4.69, 9.17) is 4.74 Å². The van der Waals surface area contributed by atoms with Gasteiger partial charge >= 0.3 is 6.09 Å². The van der Waals surface area contributed by atoms with E-state index in [1.807, 2.05) is 0 Å². The van der Waals surface area contributed by atoms with Crippen molar-refractivity contribution in [2.75, 3.05) is 7.11 Å². The Morgan fingerprint density at radius 3 is 2.47 bits per heavy atom. The molecule has 1 amide bonds. The van der Waals surface area contributed by atoms with Crippen LogP contribution < -0.4 is 0 Å². The molecule has 0 aromatic carbocycles. The van der Waals surface area contributed by atoms with Crippen LogP contribution in [0.4, 0.5) is 4.79 Å². The fraction of sp³-hybridized carbons (Fsp3) is 0.818. The van der Waals surface area contributed by atoms with Gasteiger partial charge in [-0.05, 0) is 19.8 Å². The zero-order valence-corrected chi connectivity index (χ0v) is 9.44. The van der Waals surface area contributed by atoms with Crippen LogP contribution in [0.1, 0.15) is 39.0 Å². The molecule has 0 spiro atoms.